The van der Waals surface area contributed by atoms with Crippen molar-refractivity contribution < 1.29 is 9.53 Å². The van der Waals surface area contributed by atoms with Gasteiger partial charge in [-0.05, 0) is 42.0 Å². The van der Waals surface area contributed by atoms with Crippen LogP contribution in [0.15, 0.2) is 36.4 Å². The molecule has 0 saturated carbocycles. The molecule has 21 heavy (non-hydrogen) atoms. The van der Waals surface area contributed by atoms with E-state index in [1.807, 2.05) is 0 Å². The number of anilines is 1. The minimum Gasteiger partial charge on any atom is -0.465 e. The van der Waals surface area contributed by atoms with E-state index in [0.29, 0.717) is 32.9 Å². The Bertz CT molecular complexity index is 674. The number of methoxy groups -OCH3 is 1. The Labute approximate surface area is 137 Å². The standard InChI is InChI=1S/C15H12Cl3NO2/c1-21-15(20)9-2-4-13(18)14(7-9)19-8-10-6-11(16)3-5-12(10)17/h2-7,19H,8H2,1H3. The summed E-state index contributed by atoms with van der Waals surface area (Å²) in [5.74, 6) is -0.421. The largest absolute Gasteiger partial charge is 0.465 e. The molecule has 0 aliphatic rings. The van der Waals surface area contributed by atoms with Gasteiger partial charge < -0.3 is 10.1 Å². The van der Waals surface area contributed by atoms with Gasteiger partial charge >= 0.3 is 5.97 Å². The first-order valence-corrected chi connectivity index (χ1v) is 7.20. The lowest BCUT2D eigenvalue weighted by Gasteiger charge is -2.11. The van der Waals surface area contributed by atoms with Crippen LogP contribution in [-0.2, 0) is 11.3 Å². The molecule has 0 aliphatic heterocycles. The molecule has 1 N–H and O–H groups in total. The summed E-state index contributed by atoms with van der Waals surface area (Å²) in [7, 11) is 1.33. The van der Waals surface area contributed by atoms with Crippen molar-refractivity contribution in [3.8, 4) is 0 Å². The molecule has 0 bridgehead atoms. The number of hydrogen-bond acceptors (Lipinski definition) is 3. The van der Waals surface area contributed by atoms with Crippen molar-refractivity contribution in [2.24, 2.45) is 0 Å². The summed E-state index contributed by atoms with van der Waals surface area (Å²) >= 11 is 18.2. The Morgan fingerprint density at radius 1 is 1.10 bits per heavy atom. The summed E-state index contributed by atoms with van der Waals surface area (Å²) in [5, 5.41) is 4.84. The number of halogens is 3. The summed E-state index contributed by atoms with van der Waals surface area (Å²) in [5.41, 5.74) is 1.88. The molecule has 6 heteroatoms. The Morgan fingerprint density at radius 2 is 1.81 bits per heavy atom. The predicted octanol–water partition coefficient (Wildman–Crippen LogP) is 5.05. The number of benzene rings is 2. The zero-order valence-electron chi connectivity index (χ0n) is 11.1. The van der Waals surface area contributed by atoms with Gasteiger partial charge in [-0.2, -0.15) is 0 Å². The van der Waals surface area contributed by atoms with Crippen molar-refractivity contribution in [2.75, 3.05) is 12.4 Å². The number of ether oxygens (including phenoxy) is 1. The number of carbonyl (C=O) groups excluding carboxylic acids is 1. The molecular formula is C15H12Cl3NO2. The fraction of sp³-hybridized carbons (Fsp3) is 0.133. The molecule has 0 spiro atoms. The van der Waals surface area contributed by atoms with Gasteiger partial charge in [-0.15, -0.1) is 0 Å². The van der Waals surface area contributed by atoms with Crippen molar-refractivity contribution in [2.45, 2.75) is 6.54 Å². The van der Waals surface area contributed by atoms with E-state index in [9.17, 15) is 4.79 Å². The number of carbonyl (C=O) groups is 1. The number of hydrogen-bond donors (Lipinski definition) is 1. The van der Waals surface area contributed by atoms with Crippen molar-refractivity contribution in [3.05, 3.63) is 62.6 Å². The van der Waals surface area contributed by atoms with E-state index in [0.717, 1.165) is 5.56 Å². The third kappa shape index (κ3) is 4.03. The van der Waals surface area contributed by atoms with Gasteiger partial charge in [0, 0.05) is 16.6 Å². The molecule has 0 aromatic heterocycles. The van der Waals surface area contributed by atoms with Crippen LogP contribution in [0.5, 0.6) is 0 Å². The van der Waals surface area contributed by atoms with Crippen LogP contribution in [-0.4, -0.2) is 13.1 Å². The smallest absolute Gasteiger partial charge is 0.337 e. The van der Waals surface area contributed by atoms with Crippen molar-refractivity contribution in [3.63, 3.8) is 0 Å². The first-order valence-electron chi connectivity index (χ1n) is 6.07. The Balaban J connectivity index is 2.19. The molecule has 110 valence electrons. The fourth-order valence-electron chi connectivity index (χ4n) is 1.77. The predicted molar refractivity (Wildman–Crippen MR) is 86.6 cm³/mol. The van der Waals surface area contributed by atoms with Crippen LogP contribution in [0.4, 0.5) is 5.69 Å². The fourth-order valence-corrected chi connectivity index (χ4v) is 2.34. The van der Waals surface area contributed by atoms with E-state index < -0.39 is 5.97 Å². The van der Waals surface area contributed by atoms with Gasteiger partial charge in [-0.3, -0.25) is 0 Å². The summed E-state index contributed by atoms with van der Waals surface area (Å²) in [6, 6.07) is 10.1. The van der Waals surface area contributed by atoms with Crippen LogP contribution in [0, 0.1) is 0 Å². The monoisotopic (exact) mass is 343 g/mol. The van der Waals surface area contributed by atoms with E-state index in [1.165, 1.54) is 7.11 Å². The molecule has 0 unspecified atom stereocenters. The second kappa shape index (κ2) is 7.03. The van der Waals surface area contributed by atoms with Gasteiger partial charge in [0.15, 0.2) is 0 Å². The minimum absolute atomic E-state index is 0.418. The van der Waals surface area contributed by atoms with Crippen molar-refractivity contribution in [1.82, 2.24) is 0 Å². The van der Waals surface area contributed by atoms with Gasteiger partial charge in [0.2, 0.25) is 0 Å². The van der Waals surface area contributed by atoms with Gasteiger partial charge in [0.05, 0.1) is 23.4 Å². The molecule has 0 saturated heterocycles. The Kier molecular flexibility index (Phi) is 5.34. The van der Waals surface area contributed by atoms with Gasteiger partial charge in [-0.1, -0.05) is 34.8 Å². The highest BCUT2D eigenvalue weighted by Gasteiger charge is 2.09. The highest BCUT2D eigenvalue weighted by molar-refractivity contribution is 6.34. The van der Waals surface area contributed by atoms with E-state index in [2.05, 4.69) is 10.1 Å². The summed E-state index contributed by atoms with van der Waals surface area (Å²) in [6.07, 6.45) is 0. The van der Waals surface area contributed by atoms with Crippen LogP contribution >= 0.6 is 34.8 Å². The highest BCUT2D eigenvalue weighted by Crippen LogP contribution is 2.26. The van der Waals surface area contributed by atoms with Crippen molar-refractivity contribution >= 4 is 46.5 Å². The molecule has 0 fully saturated rings. The quantitative estimate of drug-likeness (QED) is 0.789. The zero-order valence-corrected chi connectivity index (χ0v) is 13.4. The minimum atomic E-state index is -0.421. The highest BCUT2D eigenvalue weighted by atomic mass is 35.5. The summed E-state index contributed by atoms with van der Waals surface area (Å²) in [4.78, 5) is 11.5. The maximum Gasteiger partial charge on any atom is 0.337 e. The normalized spacial score (nSPS) is 10.3. The van der Waals surface area contributed by atoms with Crippen molar-refractivity contribution in [1.29, 1.82) is 0 Å². The molecule has 0 amide bonds. The molecule has 0 atom stereocenters. The molecule has 2 rings (SSSR count). The number of rotatable bonds is 4. The van der Waals surface area contributed by atoms with Crippen LogP contribution in [0.3, 0.4) is 0 Å². The molecule has 0 radical (unpaired) electrons. The first kappa shape index (κ1) is 16.0. The number of nitrogens with one attached hydrogen (secondary N) is 1. The van der Waals surface area contributed by atoms with E-state index in [-0.39, 0.29) is 0 Å². The van der Waals surface area contributed by atoms with Gasteiger partial charge in [-0.25, -0.2) is 4.79 Å². The molecule has 0 aliphatic carbocycles. The molecular weight excluding hydrogens is 333 g/mol. The van der Waals surface area contributed by atoms with E-state index in [1.54, 1.807) is 36.4 Å². The van der Waals surface area contributed by atoms with Crippen LogP contribution in [0.1, 0.15) is 15.9 Å². The first-order chi connectivity index (χ1) is 10.0. The van der Waals surface area contributed by atoms with Gasteiger partial charge in [0.1, 0.15) is 0 Å². The third-order valence-electron chi connectivity index (χ3n) is 2.86. The maximum absolute atomic E-state index is 11.5. The molecule has 2 aromatic rings. The van der Waals surface area contributed by atoms with Crippen LogP contribution in [0.2, 0.25) is 15.1 Å². The van der Waals surface area contributed by atoms with Gasteiger partial charge in [0.25, 0.3) is 0 Å². The van der Waals surface area contributed by atoms with E-state index in [4.69, 9.17) is 34.8 Å². The zero-order chi connectivity index (χ0) is 15.4. The lowest BCUT2D eigenvalue weighted by Crippen LogP contribution is -2.05. The number of esters is 1. The van der Waals surface area contributed by atoms with Crippen LogP contribution in [0.25, 0.3) is 0 Å². The Hall–Kier alpha value is -1.42. The van der Waals surface area contributed by atoms with Crippen LogP contribution < -0.4 is 5.32 Å². The summed E-state index contributed by atoms with van der Waals surface area (Å²) in [6.45, 7) is 0.434. The molecule has 0 heterocycles. The lowest BCUT2D eigenvalue weighted by atomic mass is 10.2. The lowest BCUT2D eigenvalue weighted by molar-refractivity contribution is 0.0601. The Morgan fingerprint density at radius 3 is 2.52 bits per heavy atom. The van der Waals surface area contributed by atoms with E-state index >= 15 is 0 Å². The maximum atomic E-state index is 11.5. The second-order valence-corrected chi connectivity index (χ2v) is 5.53. The molecule has 3 nitrogen and oxygen atoms in total. The average Bonchev–Trinajstić information content (AvgIpc) is 2.48. The second-order valence-electron chi connectivity index (χ2n) is 4.28. The third-order valence-corrected chi connectivity index (χ3v) is 3.80. The summed E-state index contributed by atoms with van der Waals surface area (Å²) < 4.78 is 4.68. The topological polar surface area (TPSA) is 38.3 Å². The average molecular weight is 345 g/mol. The SMILES string of the molecule is COC(=O)c1ccc(Cl)c(NCc2cc(Cl)ccc2Cl)c1. The molecule has 2 aromatic carbocycles.